The van der Waals surface area contributed by atoms with Crippen LogP contribution < -0.4 is 5.14 Å². The van der Waals surface area contributed by atoms with Crippen molar-refractivity contribution in [2.75, 3.05) is 6.61 Å². The van der Waals surface area contributed by atoms with Crippen molar-refractivity contribution in [2.45, 2.75) is 43.5 Å². The maximum absolute atomic E-state index is 11.3. The highest BCUT2D eigenvalue weighted by molar-refractivity contribution is 7.89. The van der Waals surface area contributed by atoms with Crippen molar-refractivity contribution in [3.63, 3.8) is 0 Å². The quantitative estimate of drug-likeness (QED) is 0.700. The standard InChI is InChI=1S/C10H19NO3S/c1-2-3-6-10(15(11,12)13)8-9-5-4-7-14-9/h2,9-10H,1,3-8H2,(H2,11,12,13)/t9-,10?/m0/s1. The van der Waals surface area contributed by atoms with E-state index >= 15 is 0 Å². The average molecular weight is 233 g/mol. The minimum Gasteiger partial charge on any atom is -0.378 e. The van der Waals surface area contributed by atoms with Gasteiger partial charge in [0.15, 0.2) is 0 Å². The van der Waals surface area contributed by atoms with E-state index in [0.717, 1.165) is 19.4 Å². The predicted molar refractivity (Wildman–Crippen MR) is 59.9 cm³/mol. The van der Waals surface area contributed by atoms with Crippen molar-refractivity contribution < 1.29 is 13.2 Å². The van der Waals surface area contributed by atoms with Gasteiger partial charge >= 0.3 is 0 Å². The minimum absolute atomic E-state index is 0.0677. The van der Waals surface area contributed by atoms with E-state index in [1.807, 2.05) is 0 Å². The predicted octanol–water partition coefficient (Wildman–Crippen LogP) is 1.18. The molecule has 0 aromatic heterocycles. The fourth-order valence-electron chi connectivity index (χ4n) is 1.84. The Kier molecular flexibility index (Phi) is 4.76. The molecular weight excluding hydrogens is 214 g/mol. The Labute approximate surface area is 91.5 Å². The second-order valence-corrected chi connectivity index (χ2v) is 5.79. The van der Waals surface area contributed by atoms with Crippen molar-refractivity contribution in [1.29, 1.82) is 0 Å². The van der Waals surface area contributed by atoms with Crippen LogP contribution in [0.15, 0.2) is 12.7 Å². The van der Waals surface area contributed by atoms with Gasteiger partial charge in [-0.3, -0.25) is 0 Å². The van der Waals surface area contributed by atoms with E-state index in [2.05, 4.69) is 6.58 Å². The molecule has 1 aliphatic rings. The first-order valence-corrected chi connectivity index (χ1v) is 6.89. The molecule has 0 radical (unpaired) electrons. The topological polar surface area (TPSA) is 69.4 Å². The molecule has 0 aromatic carbocycles. The lowest BCUT2D eigenvalue weighted by molar-refractivity contribution is 0.103. The summed E-state index contributed by atoms with van der Waals surface area (Å²) in [7, 11) is -3.45. The highest BCUT2D eigenvalue weighted by Gasteiger charge is 2.27. The number of hydrogen-bond donors (Lipinski definition) is 1. The molecule has 1 heterocycles. The van der Waals surface area contributed by atoms with Gasteiger partial charge in [0.1, 0.15) is 0 Å². The van der Waals surface area contributed by atoms with Crippen LogP contribution >= 0.6 is 0 Å². The van der Waals surface area contributed by atoms with E-state index in [0.29, 0.717) is 19.3 Å². The SMILES string of the molecule is C=CCCC(C[C@@H]1CCCO1)S(N)(=O)=O. The summed E-state index contributed by atoms with van der Waals surface area (Å²) >= 11 is 0. The van der Waals surface area contributed by atoms with E-state index in [1.54, 1.807) is 6.08 Å². The third-order valence-corrected chi connectivity index (χ3v) is 4.06. The minimum atomic E-state index is -3.45. The molecule has 0 saturated carbocycles. The van der Waals surface area contributed by atoms with Gasteiger partial charge in [-0.2, -0.15) is 0 Å². The van der Waals surface area contributed by atoms with E-state index in [-0.39, 0.29) is 6.10 Å². The van der Waals surface area contributed by atoms with Crippen LogP contribution in [0.5, 0.6) is 0 Å². The Hall–Kier alpha value is -0.390. The molecule has 1 rings (SSSR count). The maximum Gasteiger partial charge on any atom is 0.212 e. The van der Waals surface area contributed by atoms with Crippen LogP contribution in [0.25, 0.3) is 0 Å². The van der Waals surface area contributed by atoms with Crippen molar-refractivity contribution in [1.82, 2.24) is 0 Å². The van der Waals surface area contributed by atoms with Crippen LogP contribution in [0, 0.1) is 0 Å². The highest BCUT2D eigenvalue weighted by Crippen LogP contribution is 2.21. The second-order valence-electron chi connectivity index (χ2n) is 3.95. The lowest BCUT2D eigenvalue weighted by atomic mass is 10.1. The molecule has 0 aliphatic carbocycles. The third kappa shape index (κ3) is 4.32. The van der Waals surface area contributed by atoms with Gasteiger partial charge in [-0.25, -0.2) is 13.6 Å². The Morgan fingerprint density at radius 2 is 2.33 bits per heavy atom. The molecule has 1 aliphatic heterocycles. The fraction of sp³-hybridized carbons (Fsp3) is 0.800. The Balaban J connectivity index is 2.51. The van der Waals surface area contributed by atoms with Gasteiger partial charge in [0.2, 0.25) is 10.0 Å². The number of ether oxygens (including phenoxy) is 1. The van der Waals surface area contributed by atoms with Gasteiger partial charge in [0.05, 0.1) is 11.4 Å². The molecule has 0 spiro atoms. The van der Waals surface area contributed by atoms with Gasteiger partial charge < -0.3 is 4.74 Å². The summed E-state index contributed by atoms with van der Waals surface area (Å²) in [6, 6.07) is 0. The first-order chi connectivity index (χ1) is 7.04. The van der Waals surface area contributed by atoms with E-state index in [1.165, 1.54) is 0 Å². The molecule has 1 saturated heterocycles. The Bertz CT molecular complexity index is 294. The van der Waals surface area contributed by atoms with Crippen LogP contribution in [0.4, 0.5) is 0 Å². The highest BCUT2D eigenvalue weighted by atomic mass is 32.2. The molecule has 2 atom stereocenters. The summed E-state index contributed by atoms with van der Waals surface area (Å²) in [6.07, 6.45) is 5.48. The van der Waals surface area contributed by atoms with Crippen LogP contribution in [-0.2, 0) is 14.8 Å². The van der Waals surface area contributed by atoms with Crippen molar-refractivity contribution in [2.24, 2.45) is 5.14 Å². The molecule has 5 heteroatoms. The zero-order valence-electron chi connectivity index (χ0n) is 8.89. The smallest absolute Gasteiger partial charge is 0.212 e. The normalized spacial score (nSPS) is 23.9. The number of nitrogens with two attached hydrogens (primary N) is 1. The second kappa shape index (κ2) is 5.63. The van der Waals surface area contributed by atoms with Crippen LogP contribution in [0.2, 0.25) is 0 Å². The van der Waals surface area contributed by atoms with Gasteiger partial charge in [-0.15, -0.1) is 6.58 Å². The van der Waals surface area contributed by atoms with Gasteiger partial charge in [0, 0.05) is 6.61 Å². The lowest BCUT2D eigenvalue weighted by Gasteiger charge is -2.17. The molecule has 1 unspecified atom stereocenters. The number of allylic oxidation sites excluding steroid dienone is 1. The summed E-state index contributed by atoms with van der Waals surface area (Å²) in [6.45, 7) is 4.32. The summed E-state index contributed by atoms with van der Waals surface area (Å²) in [5.41, 5.74) is 0. The summed E-state index contributed by atoms with van der Waals surface area (Å²) in [4.78, 5) is 0. The zero-order chi connectivity index (χ0) is 11.3. The first-order valence-electron chi connectivity index (χ1n) is 5.28. The molecule has 2 N–H and O–H groups in total. The molecular formula is C10H19NO3S. The monoisotopic (exact) mass is 233 g/mol. The summed E-state index contributed by atoms with van der Waals surface area (Å²) < 4.78 is 28.0. The molecule has 1 fully saturated rings. The van der Waals surface area contributed by atoms with Crippen LogP contribution in [-0.4, -0.2) is 26.4 Å². The number of hydrogen-bond acceptors (Lipinski definition) is 3. The van der Waals surface area contributed by atoms with Crippen LogP contribution in [0.3, 0.4) is 0 Å². The van der Waals surface area contributed by atoms with Crippen LogP contribution in [0.1, 0.15) is 32.1 Å². The first kappa shape index (κ1) is 12.7. The van der Waals surface area contributed by atoms with Gasteiger partial charge in [0.25, 0.3) is 0 Å². The van der Waals surface area contributed by atoms with E-state index in [9.17, 15) is 8.42 Å². The van der Waals surface area contributed by atoms with Crippen molar-refractivity contribution in [3.05, 3.63) is 12.7 Å². The van der Waals surface area contributed by atoms with Crippen molar-refractivity contribution >= 4 is 10.0 Å². The van der Waals surface area contributed by atoms with E-state index in [4.69, 9.17) is 9.88 Å². The fourth-order valence-corrected chi connectivity index (χ4v) is 2.79. The Morgan fingerprint density at radius 3 is 2.80 bits per heavy atom. The molecule has 88 valence electrons. The lowest BCUT2D eigenvalue weighted by Crippen LogP contribution is -2.31. The largest absolute Gasteiger partial charge is 0.378 e. The van der Waals surface area contributed by atoms with Gasteiger partial charge in [-0.1, -0.05) is 6.08 Å². The number of primary sulfonamides is 1. The molecule has 15 heavy (non-hydrogen) atoms. The average Bonchev–Trinajstić information content (AvgIpc) is 2.62. The zero-order valence-corrected chi connectivity index (χ0v) is 9.71. The Morgan fingerprint density at radius 1 is 1.60 bits per heavy atom. The summed E-state index contributed by atoms with van der Waals surface area (Å²) in [5.74, 6) is 0. The van der Waals surface area contributed by atoms with Crippen molar-refractivity contribution in [3.8, 4) is 0 Å². The molecule has 0 amide bonds. The number of rotatable bonds is 6. The van der Waals surface area contributed by atoms with Gasteiger partial charge in [-0.05, 0) is 32.1 Å². The molecule has 4 nitrogen and oxygen atoms in total. The summed E-state index contributed by atoms with van der Waals surface area (Å²) in [5, 5.41) is 4.69. The molecule has 0 bridgehead atoms. The molecule has 0 aromatic rings. The number of sulfonamides is 1. The maximum atomic E-state index is 11.3. The third-order valence-electron chi connectivity index (χ3n) is 2.71. The van der Waals surface area contributed by atoms with E-state index < -0.39 is 15.3 Å².